The first-order chi connectivity index (χ1) is 14.5. The largest absolute Gasteiger partial charge is 0.494 e. The van der Waals surface area contributed by atoms with Crippen LogP contribution in [0.5, 0.6) is 5.75 Å². The molecule has 0 aliphatic heterocycles. The van der Waals surface area contributed by atoms with Crippen molar-refractivity contribution in [3.05, 3.63) is 96.3 Å². The lowest BCUT2D eigenvalue weighted by molar-refractivity contribution is 0.340. The Labute approximate surface area is 173 Å². The van der Waals surface area contributed by atoms with Crippen LogP contribution in [0.25, 0.3) is 39.1 Å². The fourth-order valence-electron chi connectivity index (χ4n) is 3.48. The summed E-state index contributed by atoms with van der Waals surface area (Å²) in [7, 11) is 0. The van der Waals surface area contributed by atoms with Crippen LogP contribution in [0.15, 0.2) is 84.9 Å². The van der Waals surface area contributed by atoms with Gasteiger partial charge in [-0.05, 0) is 52.8 Å². The van der Waals surface area contributed by atoms with Gasteiger partial charge in [-0.3, -0.25) is 0 Å². The van der Waals surface area contributed by atoms with E-state index in [2.05, 4.69) is 0 Å². The van der Waals surface area contributed by atoms with Crippen molar-refractivity contribution >= 4 is 16.8 Å². The van der Waals surface area contributed by atoms with Crippen molar-refractivity contribution in [3.63, 3.8) is 0 Å². The van der Waals surface area contributed by atoms with Gasteiger partial charge in [0, 0.05) is 17.0 Å². The molecule has 0 unspecified atom stereocenters. The third-order valence-corrected chi connectivity index (χ3v) is 4.97. The zero-order valence-corrected chi connectivity index (χ0v) is 16.3. The predicted octanol–water partition coefficient (Wildman–Crippen LogP) is 7.95. The number of halogens is 3. The van der Waals surface area contributed by atoms with Gasteiger partial charge in [0.1, 0.15) is 11.6 Å². The van der Waals surface area contributed by atoms with E-state index in [9.17, 15) is 13.2 Å². The summed E-state index contributed by atoms with van der Waals surface area (Å²) in [6.45, 7) is 2.59. The number of fused-ring (bicyclic) bond motifs is 1. The lowest BCUT2D eigenvalue weighted by Gasteiger charge is -2.09. The number of rotatable bonds is 5. The summed E-state index contributed by atoms with van der Waals surface area (Å²) in [6, 6.07) is 24.4. The summed E-state index contributed by atoms with van der Waals surface area (Å²) >= 11 is 0. The van der Waals surface area contributed by atoms with Crippen molar-refractivity contribution in [1.82, 2.24) is 0 Å². The first-order valence-corrected chi connectivity index (χ1v) is 9.64. The number of hydrogen-bond acceptors (Lipinski definition) is 1. The second kappa shape index (κ2) is 8.46. The average molecular weight is 404 g/mol. The molecule has 30 heavy (non-hydrogen) atoms. The van der Waals surface area contributed by atoms with Crippen molar-refractivity contribution in [2.75, 3.05) is 6.61 Å². The Bertz CT molecular complexity index is 1210. The maximum atomic E-state index is 14.5. The topological polar surface area (TPSA) is 9.23 Å². The van der Waals surface area contributed by atoms with Crippen molar-refractivity contribution in [2.45, 2.75) is 6.92 Å². The first kappa shape index (κ1) is 19.8. The lowest BCUT2D eigenvalue weighted by Crippen LogP contribution is -1.90. The molecule has 0 N–H and O–H groups in total. The summed E-state index contributed by atoms with van der Waals surface area (Å²) in [5, 5.41) is 0.983. The SMILES string of the molecule is CCOc1ccc(-c2ccc(-c3ccc4c(F)c(C=C(F)F)ccc4c3)cc2)cc1. The molecule has 0 radical (unpaired) electrons. The molecular formula is C26H19F3O. The summed E-state index contributed by atoms with van der Waals surface area (Å²) in [6.07, 6.45) is -1.38. The maximum absolute atomic E-state index is 14.5. The van der Waals surface area contributed by atoms with Crippen LogP contribution in [0.3, 0.4) is 0 Å². The minimum atomic E-state index is -1.92. The molecule has 0 aliphatic rings. The van der Waals surface area contributed by atoms with E-state index in [0.29, 0.717) is 23.5 Å². The molecule has 0 bridgehead atoms. The molecule has 4 aromatic carbocycles. The van der Waals surface area contributed by atoms with E-state index in [0.717, 1.165) is 28.0 Å². The molecule has 0 saturated carbocycles. The van der Waals surface area contributed by atoms with E-state index in [4.69, 9.17) is 4.74 Å². The monoisotopic (exact) mass is 404 g/mol. The molecule has 0 aromatic heterocycles. The molecule has 0 saturated heterocycles. The number of hydrogen-bond donors (Lipinski definition) is 0. The summed E-state index contributed by atoms with van der Waals surface area (Å²) in [5.41, 5.74) is 3.98. The van der Waals surface area contributed by atoms with Crippen molar-refractivity contribution in [2.24, 2.45) is 0 Å². The molecule has 1 nitrogen and oxygen atoms in total. The fraction of sp³-hybridized carbons (Fsp3) is 0.0769. The number of ether oxygens (including phenoxy) is 1. The second-order valence-corrected chi connectivity index (χ2v) is 6.87. The Kier molecular flexibility index (Phi) is 5.57. The maximum Gasteiger partial charge on any atom is 0.271 e. The second-order valence-electron chi connectivity index (χ2n) is 6.87. The van der Waals surface area contributed by atoms with Gasteiger partial charge in [0.25, 0.3) is 6.08 Å². The summed E-state index contributed by atoms with van der Waals surface area (Å²) in [5.74, 6) is 0.201. The third kappa shape index (κ3) is 4.08. The quantitative estimate of drug-likeness (QED) is 0.328. The highest BCUT2D eigenvalue weighted by molar-refractivity contribution is 5.89. The first-order valence-electron chi connectivity index (χ1n) is 9.64. The van der Waals surface area contributed by atoms with Gasteiger partial charge >= 0.3 is 0 Å². The molecule has 0 aliphatic carbocycles. The summed E-state index contributed by atoms with van der Waals surface area (Å²) in [4.78, 5) is 0. The van der Waals surface area contributed by atoms with Crippen molar-refractivity contribution in [3.8, 4) is 28.0 Å². The van der Waals surface area contributed by atoms with Crippen LogP contribution in [-0.2, 0) is 0 Å². The van der Waals surface area contributed by atoms with Crippen LogP contribution in [0, 0.1) is 5.82 Å². The fourth-order valence-corrected chi connectivity index (χ4v) is 3.48. The molecule has 4 rings (SSSR count). The van der Waals surface area contributed by atoms with Crippen molar-refractivity contribution in [1.29, 1.82) is 0 Å². The predicted molar refractivity (Wildman–Crippen MR) is 116 cm³/mol. The highest BCUT2D eigenvalue weighted by Crippen LogP contribution is 2.30. The third-order valence-electron chi connectivity index (χ3n) is 4.97. The zero-order chi connectivity index (χ0) is 21.1. The van der Waals surface area contributed by atoms with Gasteiger partial charge in [0.15, 0.2) is 0 Å². The van der Waals surface area contributed by atoms with E-state index >= 15 is 0 Å². The zero-order valence-electron chi connectivity index (χ0n) is 16.3. The van der Waals surface area contributed by atoms with Gasteiger partial charge in [-0.2, -0.15) is 8.78 Å². The highest BCUT2D eigenvalue weighted by atomic mass is 19.3. The summed E-state index contributed by atoms with van der Waals surface area (Å²) < 4.78 is 44.9. The Morgan fingerprint density at radius 3 is 1.93 bits per heavy atom. The molecule has 0 spiro atoms. The molecule has 0 fully saturated rings. The minimum Gasteiger partial charge on any atom is -0.494 e. The minimum absolute atomic E-state index is 0.116. The van der Waals surface area contributed by atoms with Crippen LogP contribution < -0.4 is 4.74 Å². The molecule has 0 atom stereocenters. The highest BCUT2D eigenvalue weighted by Gasteiger charge is 2.09. The molecule has 4 aromatic rings. The Balaban J connectivity index is 1.63. The van der Waals surface area contributed by atoms with Crippen LogP contribution in [-0.4, -0.2) is 6.61 Å². The van der Waals surface area contributed by atoms with Crippen molar-refractivity contribution < 1.29 is 17.9 Å². The van der Waals surface area contributed by atoms with Gasteiger partial charge in [0.05, 0.1) is 6.61 Å². The van der Waals surface area contributed by atoms with Gasteiger partial charge in [0.2, 0.25) is 0 Å². The lowest BCUT2D eigenvalue weighted by atomic mass is 9.97. The van der Waals surface area contributed by atoms with Crippen LogP contribution in [0.1, 0.15) is 12.5 Å². The Morgan fingerprint density at radius 2 is 1.33 bits per heavy atom. The average Bonchev–Trinajstić information content (AvgIpc) is 2.76. The Hall–Kier alpha value is -3.53. The molecular weight excluding hydrogens is 385 g/mol. The van der Waals surface area contributed by atoms with Crippen LogP contribution >= 0.6 is 0 Å². The van der Waals surface area contributed by atoms with E-state index in [1.807, 2.05) is 61.5 Å². The van der Waals surface area contributed by atoms with E-state index in [1.54, 1.807) is 18.2 Å². The smallest absolute Gasteiger partial charge is 0.271 e. The van der Waals surface area contributed by atoms with E-state index in [-0.39, 0.29) is 5.56 Å². The normalized spacial score (nSPS) is 10.8. The van der Waals surface area contributed by atoms with Crippen LogP contribution in [0.4, 0.5) is 13.2 Å². The van der Waals surface area contributed by atoms with Gasteiger partial charge in [-0.15, -0.1) is 0 Å². The number of benzene rings is 4. The van der Waals surface area contributed by atoms with Gasteiger partial charge < -0.3 is 4.74 Å². The van der Waals surface area contributed by atoms with Gasteiger partial charge in [-0.25, -0.2) is 4.39 Å². The molecule has 4 heteroatoms. The van der Waals surface area contributed by atoms with E-state index < -0.39 is 11.9 Å². The molecule has 150 valence electrons. The standard InChI is InChI=1S/C26H19F3O/c1-2-30-23-12-9-18(10-13-23)17-3-5-19(6-4-17)20-11-14-24-21(15-20)7-8-22(26(24)29)16-25(27)28/h3-16H,2H2,1H3. The molecule has 0 amide bonds. The molecule has 0 heterocycles. The van der Waals surface area contributed by atoms with Gasteiger partial charge in [-0.1, -0.05) is 60.7 Å². The van der Waals surface area contributed by atoms with E-state index in [1.165, 1.54) is 6.07 Å². The Morgan fingerprint density at radius 1 is 0.767 bits per heavy atom. The van der Waals surface area contributed by atoms with Crippen LogP contribution in [0.2, 0.25) is 0 Å².